The molecule has 122 valence electrons. The van der Waals surface area contributed by atoms with E-state index in [1.807, 2.05) is 23.2 Å². The Kier molecular flexibility index (Phi) is 6.61. The van der Waals surface area contributed by atoms with Gasteiger partial charge in [-0.1, -0.05) is 18.9 Å². The maximum absolute atomic E-state index is 12.5. The molecule has 1 aromatic rings. The maximum atomic E-state index is 12.5. The van der Waals surface area contributed by atoms with Crippen LogP contribution in [0, 0.1) is 0 Å². The number of rotatable bonds is 4. The molecule has 1 aromatic heterocycles. The van der Waals surface area contributed by atoms with Gasteiger partial charge in [-0.2, -0.15) is 0 Å². The van der Waals surface area contributed by atoms with Gasteiger partial charge in [0.15, 0.2) is 0 Å². The second-order valence-electron chi connectivity index (χ2n) is 5.81. The maximum Gasteiger partial charge on any atom is 0.249 e. The number of aromatic nitrogens is 1. The van der Waals surface area contributed by atoms with E-state index in [1.165, 1.54) is 12.8 Å². The standard InChI is InChI=1S/C16H23N3O2.ClH/c20-16(12-21-14-5-1-2-6-14)19-9-8-18-11-15(19)13-4-3-7-17-10-13;/h3-4,7,10,14-15,18H,1-2,5-6,8-9,11-12H2;1H. The van der Waals surface area contributed by atoms with Crippen LogP contribution in [0.3, 0.4) is 0 Å². The fourth-order valence-corrected chi connectivity index (χ4v) is 3.20. The van der Waals surface area contributed by atoms with E-state index in [-0.39, 0.29) is 37.1 Å². The molecule has 1 atom stereocenters. The summed E-state index contributed by atoms with van der Waals surface area (Å²) in [6, 6.07) is 4.01. The zero-order chi connectivity index (χ0) is 14.5. The summed E-state index contributed by atoms with van der Waals surface area (Å²) in [5, 5.41) is 3.35. The highest BCUT2D eigenvalue weighted by Gasteiger charge is 2.28. The molecule has 2 fully saturated rings. The summed E-state index contributed by atoms with van der Waals surface area (Å²) in [5.74, 6) is 0.0947. The molecule has 1 N–H and O–H groups in total. The van der Waals surface area contributed by atoms with Gasteiger partial charge in [0.25, 0.3) is 0 Å². The van der Waals surface area contributed by atoms with Crippen LogP contribution in [-0.2, 0) is 9.53 Å². The number of halogens is 1. The summed E-state index contributed by atoms with van der Waals surface area (Å²) in [6.45, 7) is 2.56. The van der Waals surface area contributed by atoms with Gasteiger partial charge in [0.2, 0.25) is 5.91 Å². The first-order chi connectivity index (χ1) is 10.3. The Bertz CT molecular complexity index is 466. The fourth-order valence-electron chi connectivity index (χ4n) is 3.20. The molecule has 1 amide bonds. The Morgan fingerprint density at radius 3 is 2.95 bits per heavy atom. The minimum atomic E-state index is 0. The highest BCUT2D eigenvalue weighted by molar-refractivity contribution is 5.85. The molecule has 0 bridgehead atoms. The van der Waals surface area contributed by atoms with Crippen molar-refractivity contribution >= 4 is 18.3 Å². The van der Waals surface area contributed by atoms with E-state index in [0.29, 0.717) is 0 Å². The van der Waals surface area contributed by atoms with Gasteiger partial charge in [-0.3, -0.25) is 9.78 Å². The number of pyridine rings is 1. The minimum Gasteiger partial charge on any atom is -0.368 e. The van der Waals surface area contributed by atoms with Gasteiger partial charge in [-0.25, -0.2) is 0 Å². The molecule has 1 aliphatic heterocycles. The monoisotopic (exact) mass is 325 g/mol. The lowest BCUT2D eigenvalue weighted by Gasteiger charge is -2.36. The Balaban J connectivity index is 0.00000176. The molecular formula is C16H24ClN3O2. The third-order valence-electron chi connectivity index (χ3n) is 4.38. The molecule has 0 radical (unpaired) electrons. The number of nitrogens with zero attached hydrogens (tertiary/aromatic N) is 2. The number of amides is 1. The van der Waals surface area contributed by atoms with Crippen LogP contribution in [-0.4, -0.2) is 48.1 Å². The molecule has 1 saturated carbocycles. The lowest BCUT2D eigenvalue weighted by Crippen LogP contribution is -2.50. The quantitative estimate of drug-likeness (QED) is 0.919. The van der Waals surface area contributed by atoms with Crippen LogP contribution in [0.1, 0.15) is 37.3 Å². The molecule has 5 nitrogen and oxygen atoms in total. The third-order valence-corrected chi connectivity index (χ3v) is 4.38. The molecule has 1 unspecified atom stereocenters. The fraction of sp³-hybridized carbons (Fsp3) is 0.625. The first kappa shape index (κ1) is 17.2. The Morgan fingerprint density at radius 2 is 2.23 bits per heavy atom. The molecule has 3 rings (SSSR count). The first-order valence-corrected chi connectivity index (χ1v) is 7.86. The minimum absolute atomic E-state index is 0. The molecule has 2 aliphatic rings. The van der Waals surface area contributed by atoms with Gasteiger partial charge in [0.1, 0.15) is 6.61 Å². The van der Waals surface area contributed by atoms with Crippen molar-refractivity contribution in [1.29, 1.82) is 0 Å². The van der Waals surface area contributed by atoms with Crippen molar-refractivity contribution in [3.05, 3.63) is 30.1 Å². The molecule has 0 spiro atoms. The second-order valence-corrected chi connectivity index (χ2v) is 5.81. The molecule has 0 aromatic carbocycles. The molecule has 2 heterocycles. The molecule has 6 heteroatoms. The zero-order valence-electron chi connectivity index (χ0n) is 12.7. The summed E-state index contributed by atoms with van der Waals surface area (Å²) in [6.07, 6.45) is 8.54. The SMILES string of the molecule is Cl.O=C(COC1CCCC1)N1CCNCC1c1cccnc1. The van der Waals surface area contributed by atoms with E-state index in [4.69, 9.17) is 4.74 Å². The van der Waals surface area contributed by atoms with E-state index in [0.717, 1.165) is 38.0 Å². The van der Waals surface area contributed by atoms with Crippen molar-refractivity contribution in [3.8, 4) is 0 Å². The lowest BCUT2D eigenvalue weighted by molar-refractivity contribution is -0.141. The average Bonchev–Trinajstić information content (AvgIpc) is 3.07. The molecule has 1 aliphatic carbocycles. The second kappa shape index (κ2) is 8.46. The summed E-state index contributed by atoms with van der Waals surface area (Å²) in [7, 11) is 0. The van der Waals surface area contributed by atoms with Crippen LogP contribution >= 0.6 is 12.4 Å². The van der Waals surface area contributed by atoms with Gasteiger partial charge in [-0.05, 0) is 24.5 Å². The van der Waals surface area contributed by atoms with Gasteiger partial charge >= 0.3 is 0 Å². The van der Waals surface area contributed by atoms with Crippen LogP contribution in [0.4, 0.5) is 0 Å². The topological polar surface area (TPSA) is 54.5 Å². The normalized spacial score (nSPS) is 22.4. The number of ether oxygens (including phenoxy) is 1. The van der Waals surface area contributed by atoms with Crippen LogP contribution in [0.25, 0.3) is 0 Å². The Labute approximate surface area is 137 Å². The largest absolute Gasteiger partial charge is 0.368 e. The summed E-state index contributed by atoms with van der Waals surface area (Å²) >= 11 is 0. The van der Waals surface area contributed by atoms with Crippen molar-refractivity contribution < 1.29 is 9.53 Å². The van der Waals surface area contributed by atoms with Crippen molar-refractivity contribution in [2.75, 3.05) is 26.2 Å². The van der Waals surface area contributed by atoms with Crippen molar-refractivity contribution in [1.82, 2.24) is 15.2 Å². The van der Waals surface area contributed by atoms with Gasteiger partial charge in [0.05, 0.1) is 12.1 Å². The van der Waals surface area contributed by atoms with Crippen LogP contribution in [0.2, 0.25) is 0 Å². The number of hydrogen-bond acceptors (Lipinski definition) is 4. The number of carbonyl (C=O) groups is 1. The zero-order valence-corrected chi connectivity index (χ0v) is 13.6. The molecule has 1 saturated heterocycles. The number of carbonyl (C=O) groups excluding carboxylic acids is 1. The average molecular weight is 326 g/mol. The Hall–Kier alpha value is -1.17. The van der Waals surface area contributed by atoms with Gasteiger partial charge in [-0.15, -0.1) is 12.4 Å². The number of nitrogens with one attached hydrogen (secondary N) is 1. The van der Waals surface area contributed by atoms with E-state index >= 15 is 0 Å². The van der Waals surface area contributed by atoms with Crippen LogP contribution < -0.4 is 5.32 Å². The number of piperazine rings is 1. The van der Waals surface area contributed by atoms with E-state index < -0.39 is 0 Å². The van der Waals surface area contributed by atoms with Crippen LogP contribution in [0.5, 0.6) is 0 Å². The smallest absolute Gasteiger partial charge is 0.249 e. The van der Waals surface area contributed by atoms with E-state index in [1.54, 1.807) is 6.20 Å². The summed E-state index contributed by atoms with van der Waals surface area (Å²) in [5.41, 5.74) is 1.08. The van der Waals surface area contributed by atoms with Crippen LogP contribution in [0.15, 0.2) is 24.5 Å². The summed E-state index contributed by atoms with van der Waals surface area (Å²) in [4.78, 5) is 18.6. The predicted molar refractivity (Wildman–Crippen MR) is 87.0 cm³/mol. The lowest BCUT2D eigenvalue weighted by atomic mass is 10.1. The third kappa shape index (κ3) is 4.18. The van der Waals surface area contributed by atoms with Crippen molar-refractivity contribution in [2.24, 2.45) is 0 Å². The Morgan fingerprint density at radius 1 is 1.41 bits per heavy atom. The van der Waals surface area contributed by atoms with Gasteiger partial charge in [0, 0.05) is 32.0 Å². The first-order valence-electron chi connectivity index (χ1n) is 7.86. The molecular weight excluding hydrogens is 302 g/mol. The highest BCUT2D eigenvalue weighted by atomic mass is 35.5. The predicted octanol–water partition coefficient (Wildman–Crippen LogP) is 1.94. The van der Waals surface area contributed by atoms with E-state index in [9.17, 15) is 4.79 Å². The number of hydrogen-bond donors (Lipinski definition) is 1. The summed E-state index contributed by atoms with van der Waals surface area (Å²) < 4.78 is 5.77. The van der Waals surface area contributed by atoms with Crippen molar-refractivity contribution in [2.45, 2.75) is 37.8 Å². The van der Waals surface area contributed by atoms with Gasteiger partial charge < -0.3 is 15.0 Å². The molecule has 22 heavy (non-hydrogen) atoms. The van der Waals surface area contributed by atoms with Crippen molar-refractivity contribution in [3.63, 3.8) is 0 Å². The highest BCUT2D eigenvalue weighted by Crippen LogP contribution is 2.23. The van der Waals surface area contributed by atoms with E-state index in [2.05, 4.69) is 10.3 Å².